The molecule has 1 fully saturated rings. The zero-order valence-electron chi connectivity index (χ0n) is 17.8. The molecule has 1 saturated heterocycles. The fourth-order valence-electron chi connectivity index (χ4n) is 2.95. The Labute approximate surface area is 173 Å². The third-order valence-corrected chi connectivity index (χ3v) is 6.95. The molecule has 0 aromatic heterocycles. The van der Waals surface area contributed by atoms with Crippen LogP contribution in [-0.4, -0.2) is 64.4 Å². The van der Waals surface area contributed by atoms with Crippen LogP contribution in [0, 0.1) is 5.92 Å². The molecule has 1 aromatic carbocycles. The first-order chi connectivity index (χ1) is 13.5. The molecule has 0 unspecified atom stereocenters. The summed E-state index contributed by atoms with van der Waals surface area (Å²) < 4.78 is 31.3. The molecule has 1 heterocycles. The van der Waals surface area contributed by atoms with Gasteiger partial charge >= 0.3 is 5.97 Å². The van der Waals surface area contributed by atoms with Crippen LogP contribution in [0.15, 0.2) is 23.1 Å². The largest absolute Gasteiger partial charge is 0.452 e. The second-order valence-electron chi connectivity index (χ2n) is 7.84. The molecular weight excluding hydrogens is 394 g/mol. The molecule has 8 nitrogen and oxygen atoms in total. The molecule has 1 aliphatic heterocycles. The van der Waals surface area contributed by atoms with E-state index < -0.39 is 22.6 Å². The maximum atomic E-state index is 12.8. The van der Waals surface area contributed by atoms with E-state index in [1.807, 2.05) is 25.7 Å². The Morgan fingerprint density at radius 3 is 2.34 bits per heavy atom. The molecule has 0 saturated carbocycles. The van der Waals surface area contributed by atoms with Crippen LogP contribution in [0.5, 0.6) is 0 Å². The number of rotatable bonds is 8. The summed E-state index contributed by atoms with van der Waals surface area (Å²) in [4.78, 5) is 26.8. The van der Waals surface area contributed by atoms with Crippen LogP contribution < -0.4 is 10.2 Å². The van der Waals surface area contributed by atoms with Gasteiger partial charge < -0.3 is 15.0 Å². The van der Waals surface area contributed by atoms with Gasteiger partial charge in [-0.1, -0.05) is 13.8 Å². The van der Waals surface area contributed by atoms with E-state index in [9.17, 15) is 18.0 Å². The minimum atomic E-state index is -3.70. The lowest BCUT2D eigenvalue weighted by atomic mass is 10.1. The normalized spacial score (nSPS) is 15.6. The first-order valence-electron chi connectivity index (χ1n) is 9.82. The standard InChI is InChI=1S/C20H31N3O5S/c1-14(2)15(3)21-19(24)13-28-20(25)17-12-16(29(26,27)22(4)5)8-9-18(17)23-10-6-7-11-23/h8-9,12,14-15H,6-7,10-11,13H2,1-5H3,(H,21,24)/t15-/m1/s1. The Bertz CT molecular complexity index is 846. The molecule has 9 heteroatoms. The van der Waals surface area contributed by atoms with Crippen molar-refractivity contribution < 1.29 is 22.7 Å². The lowest BCUT2D eigenvalue weighted by molar-refractivity contribution is -0.125. The highest BCUT2D eigenvalue weighted by atomic mass is 32.2. The number of ether oxygens (including phenoxy) is 1. The zero-order valence-corrected chi connectivity index (χ0v) is 18.6. The quantitative estimate of drug-likeness (QED) is 0.639. The number of esters is 1. The predicted octanol–water partition coefficient (Wildman–Crippen LogP) is 1.85. The summed E-state index contributed by atoms with van der Waals surface area (Å²) in [6, 6.07) is 4.42. The van der Waals surface area contributed by atoms with Gasteiger partial charge in [0.15, 0.2) is 6.61 Å². The Balaban J connectivity index is 2.25. The first kappa shape index (κ1) is 23.2. The third-order valence-electron chi connectivity index (χ3n) is 5.14. The predicted molar refractivity (Wildman–Crippen MR) is 111 cm³/mol. The van der Waals surface area contributed by atoms with Crippen molar-refractivity contribution in [3.8, 4) is 0 Å². The SMILES string of the molecule is CC(C)[C@@H](C)NC(=O)COC(=O)c1cc(S(=O)(=O)N(C)C)ccc1N1CCCC1. The van der Waals surface area contributed by atoms with Crippen LogP contribution in [0.25, 0.3) is 0 Å². The van der Waals surface area contributed by atoms with E-state index in [4.69, 9.17) is 4.74 Å². The number of amides is 1. The average Bonchev–Trinajstić information content (AvgIpc) is 3.19. The molecule has 0 aliphatic carbocycles. The minimum absolute atomic E-state index is 0.00952. The molecule has 0 bridgehead atoms. The number of nitrogens with one attached hydrogen (secondary N) is 1. The van der Waals surface area contributed by atoms with E-state index in [0.717, 1.165) is 30.2 Å². The summed E-state index contributed by atoms with van der Waals surface area (Å²) in [6.07, 6.45) is 2.00. The van der Waals surface area contributed by atoms with Gasteiger partial charge in [0.1, 0.15) is 0 Å². The van der Waals surface area contributed by atoms with E-state index in [0.29, 0.717) is 5.69 Å². The van der Waals surface area contributed by atoms with Crippen molar-refractivity contribution in [2.24, 2.45) is 5.92 Å². The van der Waals surface area contributed by atoms with Crippen LogP contribution in [0.3, 0.4) is 0 Å². The molecule has 1 aromatic rings. The molecule has 1 atom stereocenters. The van der Waals surface area contributed by atoms with Gasteiger partial charge in [-0.2, -0.15) is 0 Å². The summed E-state index contributed by atoms with van der Waals surface area (Å²) in [5, 5.41) is 2.78. The van der Waals surface area contributed by atoms with Crippen LogP contribution in [0.1, 0.15) is 44.0 Å². The monoisotopic (exact) mass is 425 g/mol. The molecule has 29 heavy (non-hydrogen) atoms. The fourth-order valence-corrected chi connectivity index (χ4v) is 3.88. The zero-order chi connectivity index (χ0) is 21.8. The molecule has 1 amide bonds. The number of carbonyl (C=O) groups excluding carboxylic acids is 2. The van der Waals surface area contributed by atoms with Gasteiger partial charge in [-0.05, 0) is 43.9 Å². The molecule has 0 radical (unpaired) electrons. The Morgan fingerprint density at radius 2 is 1.79 bits per heavy atom. The fraction of sp³-hybridized carbons (Fsp3) is 0.600. The summed E-state index contributed by atoms with van der Waals surface area (Å²) in [5.41, 5.74) is 0.778. The summed E-state index contributed by atoms with van der Waals surface area (Å²) in [6.45, 7) is 7.00. The van der Waals surface area contributed by atoms with Crippen molar-refractivity contribution in [3.05, 3.63) is 23.8 Å². The van der Waals surface area contributed by atoms with Gasteiger partial charge in [-0.25, -0.2) is 17.5 Å². The van der Waals surface area contributed by atoms with Crippen LogP contribution in [0.4, 0.5) is 5.69 Å². The second kappa shape index (κ2) is 9.58. The lowest BCUT2D eigenvalue weighted by Crippen LogP contribution is -2.38. The molecule has 1 aliphatic rings. The van der Waals surface area contributed by atoms with E-state index in [1.165, 1.54) is 26.2 Å². The van der Waals surface area contributed by atoms with E-state index in [2.05, 4.69) is 5.32 Å². The molecule has 0 spiro atoms. The second-order valence-corrected chi connectivity index (χ2v) is 9.99. The van der Waals surface area contributed by atoms with Crippen molar-refractivity contribution in [1.82, 2.24) is 9.62 Å². The number of carbonyl (C=O) groups is 2. The van der Waals surface area contributed by atoms with Crippen molar-refractivity contribution in [2.75, 3.05) is 38.7 Å². The van der Waals surface area contributed by atoms with Crippen molar-refractivity contribution in [2.45, 2.75) is 44.6 Å². The van der Waals surface area contributed by atoms with Gasteiger partial charge in [0, 0.05) is 33.2 Å². The molecule has 2 rings (SSSR count). The van der Waals surface area contributed by atoms with Crippen molar-refractivity contribution >= 4 is 27.6 Å². The summed E-state index contributed by atoms with van der Waals surface area (Å²) >= 11 is 0. The number of sulfonamides is 1. The first-order valence-corrected chi connectivity index (χ1v) is 11.3. The van der Waals surface area contributed by atoms with Gasteiger partial charge in [0.05, 0.1) is 16.1 Å². The van der Waals surface area contributed by atoms with Gasteiger partial charge in [-0.3, -0.25) is 4.79 Å². The van der Waals surface area contributed by atoms with E-state index in [-0.39, 0.29) is 28.3 Å². The Hall–Kier alpha value is -2.13. The molecule has 1 N–H and O–H groups in total. The van der Waals surface area contributed by atoms with E-state index in [1.54, 1.807) is 6.07 Å². The number of anilines is 1. The van der Waals surface area contributed by atoms with Crippen LogP contribution >= 0.6 is 0 Å². The Morgan fingerprint density at radius 1 is 1.17 bits per heavy atom. The van der Waals surface area contributed by atoms with Crippen LogP contribution in [0.2, 0.25) is 0 Å². The highest BCUT2D eigenvalue weighted by Gasteiger charge is 2.25. The number of hydrogen-bond acceptors (Lipinski definition) is 6. The number of benzene rings is 1. The maximum Gasteiger partial charge on any atom is 0.340 e. The number of nitrogens with zero attached hydrogens (tertiary/aromatic N) is 2. The van der Waals surface area contributed by atoms with Gasteiger partial charge in [0.25, 0.3) is 5.91 Å². The van der Waals surface area contributed by atoms with Crippen molar-refractivity contribution in [1.29, 1.82) is 0 Å². The minimum Gasteiger partial charge on any atom is -0.452 e. The van der Waals surface area contributed by atoms with Crippen LogP contribution in [-0.2, 0) is 19.6 Å². The summed E-state index contributed by atoms with van der Waals surface area (Å²) in [7, 11) is -0.837. The Kier molecular flexibility index (Phi) is 7.65. The highest BCUT2D eigenvalue weighted by Crippen LogP contribution is 2.28. The maximum absolute atomic E-state index is 12.8. The van der Waals surface area contributed by atoms with E-state index >= 15 is 0 Å². The average molecular weight is 426 g/mol. The highest BCUT2D eigenvalue weighted by molar-refractivity contribution is 7.89. The third kappa shape index (κ3) is 5.70. The van der Waals surface area contributed by atoms with Gasteiger partial charge in [0.2, 0.25) is 10.0 Å². The smallest absolute Gasteiger partial charge is 0.340 e. The van der Waals surface area contributed by atoms with Crippen molar-refractivity contribution in [3.63, 3.8) is 0 Å². The number of hydrogen-bond donors (Lipinski definition) is 1. The molecule has 162 valence electrons. The topological polar surface area (TPSA) is 96.0 Å². The molecular formula is C20H31N3O5S. The lowest BCUT2D eigenvalue weighted by Gasteiger charge is -2.22. The summed E-state index contributed by atoms with van der Waals surface area (Å²) in [5.74, 6) is -0.848. The van der Waals surface area contributed by atoms with Gasteiger partial charge in [-0.15, -0.1) is 0 Å².